The summed E-state index contributed by atoms with van der Waals surface area (Å²) in [6.07, 6.45) is 0. The second kappa shape index (κ2) is 6.45. The number of hydrogen-bond donors (Lipinski definition) is 1. The van der Waals surface area contributed by atoms with Crippen LogP contribution in [-0.4, -0.2) is 10.8 Å². The molecule has 0 fully saturated rings. The Hall–Kier alpha value is -2.28. The molecule has 1 N–H and O–H groups in total. The average molecular weight is 353 g/mol. The fourth-order valence-corrected chi connectivity index (χ4v) is 2.09. The highest BCUT2D eigenvalue weighted by atomic mass is 79.9. The van der Waals surface area contributed by atoms with Crippen molar-refractivity contribution in [1.29, 1.82) is 0 Å². The van der Waals surface area contributed by atoms with E-state index in [4.69, 9.17) is 0 Å². The van der Waals surface area contributed by atoms with Crippen LogP contribution in [-0.2, 0) is 5.33 Å². The Morgan fingerprint density at radius 2 is 1.90 bits per heavy atom. The van der Waals surface area contributed by atoms with Crippen molar-refractivity contribution in [3.05, 3.63) is 69.5 Å². The number of nitrogens with one attached hydrogen (secondary N) is 1. The summed E-state index contributed by atoms with van der Waals surface area (Å²) in [6.45, 7) is 0. The third-order valence-corrected chi connectivity index (χ3v) is 3.44. The van der Waals surface area contributed by atoms with Crippen LogP contribution in [0.25, 0.3) is 0 Å². The van der Waals surface area contributed by atoms with Gasteiger partial charge in [-0.1, -0.05) is 34.1 Å². The lowest BCUT2D eigenvalue weighted by atomic mass is 10.1. The SMILES string of the molecule is O=C(Nc1c(F)cccc1[N+](=O)[O-])c1ccc(CBr)cc1. The van der Waals surface area contributed by atoms with Gasteiger partial charge in [0.25, 0.3) is 11.6 Å². The quantitative estimate of drug-likeness (QED) is 0.515. The first-order valence-electron chi connectivity index (χ1n) is 5.92. The van der Waals surface area contributed by atoms with E-state index in [1.54, 1.807) is 24.3 Å². The number of para-hydroxylation sites is 1. The molecular formula is C14H10BrFN2O3. The highest BCUT2D eigenvalue weighted by Crippen LogP contribution is 2.27. The Balaban J connectivity index is 2.29. The van der Waals surface area contributed by atoms with Gasteiger partial charge in [-0.05, 0) is 23.8 Å². The Morgan fingerprint density at radius 1 is 1.24 bits per heavy atom. The van der Waals surface area contributed by atoms with Crippen molar-refractivity contribution >= 4 is 33.2 Å². The van der Waals surface area contributed by atoms with Gasteiger partial charge in [-0.2, -0.15) is 0 Å². The minimum absolute atomic E-state index is 0.289. The molecule has 5 nitrogen and oxygen atoms in total. The standard InChI is InChI=1S/C14H10BrFN2O3/c15-8-9-4-6-10(7-5-9)14(19)17-13-11(16)2-1-3-12(13)18(20)21/h1-7H,8H2,(H,17,19). The monoisotopic (exact) mass is 352 g/mol. The molecule has 0 saturated heterocycles. The molecule has 21 heavy (non-hydrogen) atoms. The van der Waals surface area contributed by atoms with Crippen LogP contribution in [0, 0.1) is 15.9 Å². The third-order valence-electron chi connectivity index (χ3n) is 2.80. The largest absolute Gasteiger partial charge is 0.314 e. The van der Waals surface area contributed by atoms with Gasteiger partial charge >= 0.3 is 0 Å². The summed E-state index contributed by atoms with van der Waals surface area (Å²) in [5.41, 5.74) is 0.346. The molecule has 0 spiro atoms. The summed E-state index contributed by atoms with van der Waals surface area (Å²) in [5.74, 6) is -1.46. The predicted molar refractivity (Wildman–Crippen MR) is 80.1 cm³/mol. The van der Waals surface area contributed by atoms with Crippen LogP contribution in [0.1, 0.15) is 15.9 Å². The summed E-state index contributed by atoms with van der Waals surface area (Å²) in [4.78, 5) is 22.1. The summed E-state index contributed by atoms with van der Waals surface area (Å²) in [6, 6.07) is 10.0. The summed E-state index contributed by atoms with van der Waals surface area (Å²) in [7, 11) is 0. The lowest BCUT2D eigenvalue weighted by Crippen LogP contribution is -2.14. The minimum Gasteiger partial charge on any atom is -0.314 e. The van der Waals surface area contributed by atoms with Crippen LogP contribution in [0.15, 0.2) is 42.5 Å². The number of rotatable bonds is 4. The zero-order chi connectivity index (χ0) is 15.4. The van der Waals surface area contributed by atoms with E-state index in [9.17, 15) is 19.3 Å². The van der Waals surface area contributed by atoms with Crippen molar-refractivity contribution in [1.82, 2.24) is 0 Å². The van der Waals surface area contributed by atoms with Gasteiger partial charge in [0.2, 0.25) is 0 Å². The van der Waals surface area contributed by atoms with Crippen LogP contribution in [0.3, 0.4) is 0 Å². The Kier molecular flexibility index (Phi) is 4.64. The molecule has 0 radical (unpaired) electrons. The van der Waals surface area contributed by atoms with E-state index in [1.165, 1.54) is 6.07 Å². The van der Waals surface area contributed by atoms with Gasteiger partial charge in [-0.3, -0.25) is 14.9 Å². The first kappa shape index (κ1) is 15.1. The number of carbonyl (C=O) groups is 1. The van der Waals surface area contributed by atoms with Crippen molar-refractivity contribution in [3.63, 3.8) is 0 Å². The molecule has 1 amide bonds. The molecule has 0 aliphatic rings. The number of halogens is 2. The number of nitrogens with zero attached hydrogens (tertiary/aromatic N) is 1. The maximum atomic E-state index is 13.7. The number of hydrogen-bond acceptors (Lipinski definition) is 3. The molecular weight excluding hydrogens is 343 g/mol. The predicted octanol–water partition coefficient (Wildman–Crippen LogP) is 3.88. The van der Waals surface area contributed by atoms with E-state index in [0.29, 0.717) is 5.33 Å². The van der Waals surface area contributed by atoms with Crippen molar-refractivity contribution in [2.75, 3.05) is 5.32 Å². The number of benzene rings is 2. The van der Waals surface area contributed by atoms with Crippen LogP contribution in [0.4, 0.5) is 15.8 Å². The second-order valence-corrected chi connectivity index (χ2v) is 4.74. The maximum Gasteiger partial charge on any atom is 0.295 e. The van der Waals surface area contributed by atoms with E-state index in [2.05, 4.69) is 21.2 Å². The summed E-state index contributed by atoms with van der Waals surface area (Å²) < 4.78 is 13.7. The molecule has 2 aromatic carbocycles. The maximum absolute atomic E-state index is 13.7. The molecule has 0 atom stereocenters. The topological polar surface area (TPSA) is 72.2 Å². The zero-order valence-corrected chi connectivity index (χ0v) is 12.3. The summed E-state index contributed by atoms with van der Waals surface area (Å²) in [5, 5.41) is 13.8. The van der Waals surface area contributed by atoms with Crippen molar-refractivity contribution in [2.24, 2.45) is 0 Å². The van der Waals surface area contributed by atoms with Gasteiger partial charge in [0.05, 0.1) is 4.92 Å². The van der Waals surface area contributed by atoms with E-state index >= 15 is 0 Å². The van der Waals surface area contributed by atoms with E-state index < -0.39 is 28.0 Å². The lowest BCUT2D eigenvalue weighted by molar-refractivity contribution is -0.384. The van der Waals surface area contributed by atoms with Crippen molar-refractivity contribution in [2.45, 2.75) is 5.33 Å². The minimum atomic E-state index is -0.852. The molecule has 7 heteroatoms. The molecule has 2 aromatic rings. The fourth-order valence-electron chi connectivity index (χ4n) is 1.72. The van der Waals surface area contributed by atoms with E-state index in [0.717, 1.165) is 17.7 Å². The van der Waals surface area contributed by atoms with Gasteiger partial charge in [0.15, 0.2) is 11.5 Å². The van der Waals surface area contributed by atoms with Crippen LogP contribution in [0.2, 0.25) is 0 Å². The van der Waals surface area contributed by atoms with Gasteiger partial charge in [0, 0.05) is 17.0 Å². The number of alkyl halides is 1. The molecule has 0 bridgehead atoms. The van der Waals surface area contributed by atoms with E-state index in [-0.39, 0.29) is 5.56 Å². The molecule has 108 valence electrons. The average Bonchev–Trinajstić information content (AvgIpc) is 2.49. The van der Waals surface area contributed by atoms with Crippen molar-refractivity contribution < 1.29 is 14.1 Å². The highest BCUT2D eigenvalue weighted by molar-refractivity contribution is 9.08. The first-order valence-corrected chi connectivity index (χ1v) is 7.04. The van der Waals surface area contributed by atoms with Gasteiger partial charge in [0.1, 0.15) is 0 Å². The first-order chi connectivity index (χ1) is 10.0. The molecule has 2 rings (SSSR count). The lowest BCUT2D eigenvalue weighted by Gasteiger charge is -2.07. The number of anilines is 1. The molecule has 0 unspecified atom stereocenters. The Morgan fingerprint density at radius 3 is 2.48 bits per heavy atom. The highest BCUT2D eigenvalue weighted by Gasteiger charge is 2.20. The molecule has 0 saturated carbocycles. The molecule has 0 aromatic heterocycles. The normalized spacial score (nSPS) is 10.2. The molecule has 0 heterocycles. The number of nitro groups is 1. The van der Waals surface area contributed by atoms with Gasteiger partial charge < -0.3 is 5.32 Å². The fraction of sp³-hybridized carbons (Fsp3) is 0.0714. The molecule has 0 aliphatic heterocycles. The molecule has 0 aliphatic carbocycles. The summed E-state index contributed by atoms with van der Waals surface area (Å²) >= 11 is 3.28. The van der Waals surface area contributed by atoms with Gasteiger partial charge in [-0.25, -0.2) is 4.39 Å². The van der Waals surface area contributed by atoms with Crippen LogP contribution < -0.4 is 5.32 Å². The smallest absolute Gasteiger partial charge is 0.295 e. The zero-order valence-electron chi connectivity index (χ0n) is 10.7. The second-order valence-electron chi connectivity index (χ2n) is 4.18. The Labute approximate surface area is 128 Å². The number of nitro benzene ring substituents is 1. The van der Waals surface area contributed by atoms with Crippen LogP contribution in [0.5, 0.6) is 0 Å². The number of amides is 1. The Bertz CT molecular complexity index is 689. The van der Waals surface area contributed by atoms with E-state index in [1.807, 2.05) is 0 Å². The third kappa shape index (κ3) is 3.43. The van der Waals surface area contributed by atoms with Crippen LogP contribution >= 0.6 is 15.9 Å². The number of carbonyl (C=O) groups excluding carboxylic acids is 1. The van der Waals surface area contributed by atoms with Gasteiger partial charge in [-0.15, -0.1) is 0 Å². The van der Waals surface area contributed by atoms with Crippen molar-refractivity contribution in [3.8, 4) is 0 Å².